The number of hydrogen-bond donors (Lipinski definition) is 0. The molecule has 2 nitrogen and oxygen atoms in total. The van der Waals surface area contributed by atoms with Crippen LogP contribution in [0.15, 0.2) is 77.7 Å². The molecule has 0 aliphatic carbocycles. The first kappa shape index (κ1) is 19.5. The smallest absolute Gasteiger partial charge is 0.189 e. The van der Waals surface area contributed by atoms with Crippen molar-refractivity contribution in [3.8, 4) is 23.7 Å². The van der Waals surface area contributed by atoms with Gasteiger partial charge in [0.15, 0.2) is 9.84 Å². The maximum absolute atomic E-state index is 12.3. The van der Waals surface area contributed by atoms with Crippen molar-refractivity contribution in [1.29, 1.82) is 0 Å². The van der Waals surface area contributed by atoms with Gasteiger partial charge in [-0.2, -0.15) is 0 Å². The third-order valence-corrected chi connectivity index (χ3v) is 5.79. The largest absolute Gasteiger partial charge is 0.223 e. The molecule has 138 valence electrons. The van der Waals surface area contributed by atoms with Crippen LogP contribution in [0.4, 0.5) is 0 Å². The Morgan fingerprint density at radius 2 is 1.25 bits per heavy atom. The molecule has 3 aromatic carbocycles. The maximum Gasteiger partial charge on any atom is 0.189 e. The lowest BCUT2D eigenvalue weighted by Gasteiger charge is -2.04. The van der Waals surface area contributed by atoms with Crippen LogP contribution in [0.1, 0.15) is 27.8 Å². The molecule has 0 amide bonds. The van der Waals surface area contributed by atoms with Crippen LogP contribution >= 0.6 is 0 Å². The second kappa shape index (κ2) is 8.61. The quantitative estimate of drug-likeness (QED) is 0.609. The summed E-state index contributed by atoms with van der Waals surface area (Å²) in [6.07, 6.45) is 0. The molecule has 0 aliphatic heterocycles. The average Bonchev–Trinajstić information content (AvgIpc) is 2.70. The predicted octanol–water partition coefficient (Wildman–Crippen LogP) is 4.53. The van der Waals surface area contributed by atoms with Gasteiger partial charge in [0.25, 0.3) is 0 Å². The predicted molar refractivity (Wildman–Crippen MR) is 114 cm³/mol. The second-order valence-corrected chi connectivity index (χ2v) is 8.46. The van der Waals surface area contributed by atoms with Gasteiger partial charge in [-0.1, -0.05) is 60.1 Å². The topological polar surface area (TPSA) is 34.1 Å². The molecule has 0 fully saturated rings. The molecular formula is C25H20O2S. The van der Waals surface area contributed by atoms with E-state index in [0.29, 0.717) is 4.90 Å². The minimum atomic E-state index is -3.40. The fraction of sp³-hybridized carbons (Fsp3) is 0.120. The summed E-state index contributed by atoms with van der Waals surface area (Å²) in [4.78, 5) is 0.295. The molecule has 28 heavy (non-hydrogen) atoms. The van der Waals surface area contributed by atoms with E-state index in [0.717, 1.165) is 27.8 Å². The van der Waals surface area contributed by atoms with Gasteiger partial charge in [0, 0.05) is 16.7 Å². The standard InChI is InChI=1S/C25H20O2S/c1-20-19-24(16-15-22-10-5-3-6-11-22)21(2)18-23(20)12-9-17-28(26,27)25-13-7-4-8-14-25/h3-8,10-11,13-14,18-19H,17H2,1-2H3. The third-order valence-electron chi connectivity index (χ3n) is 4.27. The third kappa shape index (κ3) is 4.92. The van der Waals surface area contributed by atoms with Crippen LogP contribution in [-0.4, -0.2) is 14.2 Å². The van der Waals surface area contributed by atoms with E-state index in [9.17, 15) is 8.42 Å². The lowest BCUT2D eigenvalue weighted by Crippen LogP contribution is -2.04. The normalized spacial score (nSPS) is 10.4. The van der Waals surface area contributed by atoms with Crippen molar-refractivity contribution in [2.24, 2.45) is 0 Å². The minimum absolute atomic E-state index is 0.203. The van der Waals surface area contributed by atoms with Crippen LogP contribution in [0.3, 0.4) is 0 Å². The van der Waals surface area contributed by atoms with E-state index in [4.69, 9.17) is 0 Å². The van der Waals surface area contributed by atoms with Gasteiger partial charge in [-0.25, -0.2) is 8.42 Å². The van der Waals surface area contributed by atoms with Crippen LogP contribution in [0, 0.1) is 37.5 Å². The maximum atomic E-state index is 12.3. The highest BCUT2D eigenvalue weighted by molar-refractivity contribution is 7.91. The molecule has 0 saturated carbocycles. The van der Waals surface area contributed by atoms with Crippen LogP contribution in [0.2, 0.25) is 0 Å². The number of rotatable bonds is 2. The van der Waals surface area contributed by atoms with Crippen LogP contribution < -0.4 is 0 Å². The van der Waals surface area contributed by atoms with E-state index in [1.54, 1.807) is 30.3 Å². The molecule has 0 heterocycles. The summed E-state index contributed by atoms with van der Waals surface area (Å²) in [7, 11) is -3.40. The summed E-state index contributed by atoms with van der Waals surface area (Å²) < 4.78 is 24.7. The Bertz CT molecular complexity index is 1200. The summed E-state index contributed by atoms with van der Waals surface area (Å²) in [6, 6.07) is 22.2. The van der Waals surface area contributed by atoms with E-state index in [1.807, 2.05) is 56.3 Å². The number of aryl methyl sites for hydroxylation is 2. The van der Waals surface area contributed by atoms with Gasteiger partial charge in [-0.15, -0.1) is 0 Å². The molecule has 0 aromatic heterocycles. The Labute approximate surface area is 167 Å². The van der Waals surface area contributed by atoms with E-state index in [-0.39, 0.29) is 5.75 Å². The Morgan fingerprint density at radius 3 is 1.86 bits per heavy atom. The van der Waals surface area contributed by atoms with E-state index >= 15 is 0 Å². The summed E-state index contributed by atoms with van der Waals surface area (Å²) in [5, 5.41) is 0. The van der Waals surface area contributed by atoms with Crippen molar-refractivity contribution in [1.82, 2.24) is 0 Å². The van der Waals surface area contributed by atoms with Crippen LogP contribution in [-0.2, 0) is 9.84 Å². The lowest BCUT2D eigenvalue weighted by atomic mass is 10.00. The number of hydrogen-bond acceptors (Lipinski definition) is 2. The minimum Gasteiger partial charge on any atom is -0.223 e. The van der Waals surface area contributed by atoms with E-state index in [2.05, 4.69) is 23.7 Å². The van der Waals surface area contributed by atoms with Crippen molar-refractivity contribution in [2.75, 3.05) is 5.75 Å². The molecule has 0 spiro atoms. The summed E-state index contributed by atoms with van der Waals surface area (Å²) in [5.74, 6) is 12.0. The Morgan fingerprint density at radius 1 is 0.714 bits per heavy atom. The second-order valence-electron chi connectivity index (χ2n) is 6.47. The Balaban J connectivity index is 1.81. The highest BCUT2D eigenvalue weighted by Crippen LogP contribution is 2.15. The SMILES string of the molecule is Cc1cc(C#Cc2ccccc2)c(C)cc1C#CCS(=O)(=O)c1ccccc1. The first-order valence-corrected chi connectivity index (χ1v) is 10.6. The summed E-state index contributed by atoms with van der Waals surface area (Å²) in [5.41, 5.74) is 4.74. The molecule has 0 saturated heterocycles. The zero-order valence-electron chi connectivity index (χ0n) is 15.9. The molecule has 3 rings (SSSR count). The lowest BCUT2D eigenvalue weighted by molar-refractivity contribution is 0.599. The van der Waals surface area contributed by atoms with Gasteiger partial charge in [0.1, 0.15) is 5.75 Å². The van der Waals surface area contributed by atoms with Gasteiger partial charge in [-0.05, 0) is 61.4 Å². The van der Waals surface area contributed by atoms with Crippen molar-refractivity contribution >= 4 is 9.84 Å². The summed E-state index contributed by atoms with van der Waals surface area (Å²) in [6.45, 7) is 3.95. The Kier molecular flexibility index (Phi) is 5.99. The van der Waals surface area contributed by atoms with E-state index in [1.165, 1.54) is 0 Å². The van der Waals surface area contributed by atoms with Crippen LogP contribution in [0.25, 0.3) is 0 Å². The molecule has 0 bridgehead atoms. The monoisotopic (exact) mass is 384 g/mol. The fourth-order valence-corrected chi connectivity index (χ4v) is 3.68. The molecular weight excluding hydrogens is 364 g/mol. The van der Waals surface area contributed by atoms with Crippen molar-refractivity contribution in [3.63, 3.8) is 0 Å². The number of sulfone groups is 1. The molecule has 0 unspecified atom stereocenters. The Hall–Kier alpha value is -3.27. The average molecular weight is 385 g/mol. The molecule has 0 N–H and O–H groups in total. The molecule has 0 aliphatic rings. The van der Waals surface area contributed by atoms with Gasteiger partial charge < -0.3 is 0 Å². The van der Waals surface area contributed by atoms with Gasteiger partial charge >= 0.3 is 0 Å². The molecule has 0 radical (unpaired) electrons. The summed E-state index contributed by atoms with van der Waals surface area (Å²) >= 11 is 0. The molecule has 0 atom stereocenters. The highest BCUT2D eigenvalue weighted by Gasteiger charge is 2.11. The number of benzene rings is 3. The van der Waals surface area contributed by atoms with Crippen molar-refractivity contribution in [2.45, 2.75) is 18.7 Å². The fourth-order valence-electron chi connectivity index (χ4n) is 2.68. The van der Waals surface area contributed by atoms with Gasteiger partial charge in [-0.3, -0.25) is 0 Å². The zero-order chi connectivity index (χ0) is 20.0. The van der Waals surface area contributed by atoms with Gasteiger partial charge in [0.05, 0.1) is 4.90 Å². The van der Waals surface area contributed by atoms with Crippen LogP contribution in [0.5, 0.6) is 0 Å². The zero-order valence-corrected chi connectivity index (χ0v) is 16.7. The van der Waals surface area contributed by atoms with Crippen molar-refractivity contribution in [3.05, 3.63) is 101 Å². The van der Waals surface area contributed by atoms with E-state index < -0.39 is 9.84 Å². The first-order chi connectivity index (χ1) is 13.5. The van der Waals surface area contributed by atoms with Gasteiger partial charge in [0.2, 0.25) is 0 Å². The molecule has 3 aromatic rings. The van der Waals surface area contributed by atoms with Crippen molar-refractivity contribution < 1.29 is 8.42 Å². The first-order valence-electron chi connectivity index (χ1n) is 8.91. The highest BCUT2D eigenvalue weighted by atomic mass is 32.2. The molecule has 3 heteroatoms.